The van der Waals surface area contributed by atoms with Gasteiger partial charge in [0, 0.05) is 24.0 Å². The Hall–Kier alpha value is -1.65. The fourth-order valence-electron chi connectivity index (χ4n) is 3.19. The van der Waals surface area contributed by atoms with Crippen molar-refractivity contribution in [2.75, 3.05) is 25.1 Å². The number of piperidine rings is 1. The Morgan fingerprint density at radius 3 is 3.00 bits per heavy atom. The lowest BCUT2D eigenvalue weighted by atomic mass is 10.0. The van der Waals surface area contributed by atoms with Crippen molar-refractivity contribution in [3.05, 3.63) is 35.9 Å². The van der Waals surface area contributed by atoms with Crippen molar-refractivity contribution in [2.24, 2.45) is 0 Å². The highest BCUT2D eigenvalue weighted by Gasteiger charge is 2.25. The Balaban J connectivity index is 2.07. The highest BCUT2D eigenvalue weighted by molar-refractivity contribution is 5.82. The molecule has 2 heterocycles. The van der Waals surface area contributed by atoms with Gasteiger partial charge in [-0.3, -0.25) is 0 Å². The second-order valence-corrected chi connectivity index (χ2v) is 5.72. The summed E-state index contributed by atoms with van der Waals surface area (Å²) in [5, 5.41) is 14.1. The lowest BCUT2D eigenvalue weighted by Crippen LogP contribution is -2.43. The summed E-state index contributed by atoms with van der Waals surface area (Å²) in [6.45, 7) is 1.97. The van der Waals surface area contributed by atoms with Gasteiger partial charge in [0.25, 0.3) is 0 Å². The fourth-order valence-corrected chi connectivity index (χ4v) is 3.19. The van der Waals surface area contributed by atoms with Gasteiger partial charge in [-0.2, -0.15) is 0 Å². The highest BCUT2D eigenvalue weighted by atomic mass is 16.3. The summed E-state index contributed by atoms with van der Waals surface area (Å²) < 4.78 is 0. The zero-order chi connectivity index (χ0) is 14.7. The molecule has 0 radical (unpaired) electrons. The molecule has 2 N–H and O–H groups in total. The SMILES string of the molecule is CNCc1cc2ccccc2nc1N1CCCCC1CO. The van der Waals surface area contributed by atoms with Crippen LogP contribution in [0.3, 0.4) is 0 Å². The Morgan fingerprint density at radius 1 is 1.33 bits per heavy atom. The number of aliphatic hydroxyl groups excluding tert-OH is 1. The first-order chi connectivity index (χ1) is 10.3. The van der Waals surface area contributed by atoms with Gasteiger partial charge in [0.2, 0.25) is 0 Å². The number of aromatic nitrogens is 1. The molecule has 0 saturated carbocycles. The second-order valence-electron chi connectivity index (χ2n) is 5.72. The van der Waals surface area contributed by atoms with Gasteiger partial charge in [-0.25, -0.2) is 4.98 Å². The largest absolute Gasteiger partial charge is 0.394 e. The van der Waals surface area contributed by atoms with Crippen LogP contribution in [0.15, 0.2) is 30.3 Å². The molecule has 1 atom stereocenters. The molecule has 4 heteroatoms. The number of aliphatic hydroxyl groups is 1. The van der Waals surface area contributed by atoms with Gasteiger partial charge in [0.15, 0.2) is 0 Å². The third-order valence-corrected chi connectivity index (χ3v) is 4.26. The molecule has 1 aliphatic heterocycles. The first-order valence-corrected chi connectivity index (χ1v) is 7.74. The molecule has 1 unspecified atom stereocenters. The van der Waals surface area contributed by atoms with Crippen LogP contribution in [-0.4, -0.2) is 36.3 Å². The third-order valence-electron chi connectivity index (χ3n) is 4.26. The van der Waals surface area contributed by atoms with Crippen LogP contribution in [0, 0.1) is 0 Å². The number of hydrogen-bond donors (Lipinski definition) is 2. The van der Waals surface area contributed by atoms with Gasteiger partial charge in [0.05, 0.1) is 18.2 Å². The molecule has 2 aromatic rings. The van der Waals surface area contributed by atoms with E-state index in [4.69, 9.17) is 4.98 Å². The predicted molar refractivity (Wildman–Crippen MR) is 86.6 cm³/mol. The predicted octanol–water partition coefficient (Wildman–Crippen LogP) is 2.31. The number of pyridine rings is 1. The third kappa shape index (κ3) is 2.87. The monoisotopic (exact) mass is 285 g/mol. The van der Waals surface area contributed by atoms with Crippen molar-refractivity contribution >= 4 is 16.7 Å². The summed E-state index contributed by atoms with van der Waals surface area (Å²) in [5.41, 5.74) is 2.23. The fraction of sp³-hybridized carbons (Fsp3) is 0.471. The summed E-state index contributed by atoms with van der Waals surface area (Å²) >= 11 is 0. The van der Waals surface area contributed by atoms with E-state index in [0.29, 0.717) is 0 Å². The van der Waals surface area contributed by atoms with Crippen LogP contribution in [0.2, 0.25) is 0 Å². The van der Waals surface area contributed by atoms with Crippen molar-refractivity contribution in [1.82, 2.24) is 10.3 Å². The van der Waals surface area contributed by atoms with Crippen LogP contribution in [0.4, 0.5) is 5.82 Å². The molecule has 112 valence electrons. The van der Waals surface area contributed by atoms with Crippen LogP contribution < -0.4 is 10.2 Å². The Morgan fingerprint density at radius 2 is 2.19 bits per heavy atom. The standard InChI is InChI=1S/C17H23N3O/c1-18-11-14-10-13-6-2-3-8-16(13)19-17(14)20-9-5-4-7-15(20)12-21/h2-3,6,8,10,15,18,21H,4-5,7,9,11-12H2,1H3. The van der Waals surface area contributed by atoms with E-state index in [2.05, 4.69) is 28.4 Å². The van der Waals surface area contributed by atoms with Crippen molar-refractivity contribution < 1.29 is 5.11 Å². The summed E-state index contributed by atoms with van der Waals surface area (Å²) in [6.07, 6.45) is 3.41. The number of nitrogens with one attached hydrogen (secondary N) is 1. The lowest BCUT2D eigenvalue weighted by Gasteiger charge is -2.36. The Kier molecular flexibility index (Phi) is 4.36. The quantitative estimate of drug-likeness (QED) is 0.905. The van der Waals surface area contributed by atoms with Crippen molar-refractivity contribution in [1.29, 1.82) is 0 Å². The van der Waals surface area contributed by atoms with E-state index in [-0.39, 0.29) is 12.6 Å². The molecule has 1 fully saturated rings. The van der Waals surface area contributed by atoms with Crippen molar-refractivity contribution in [3.8, 4) is 0 Å². The molecule has 0 spiro atoms. The van der Waals surface area contributed by atoms with Gasteiger partial charge >= 0.3 is 0 Å². The maximum Gasteiger partial charge on any atom is 0.134 e. The number of benzene rings is 1. The van der Waals surface area contributed by atoms with E-state index < -0.39 is 0 Å². The van der Waals surface area contributed by atoms with Crippen LogP contribution in [0.1, 0.15) is 24.8 Å². The molecule has 1 aliphatic rings. The molecule has 1 aromatic carbocycles. The number of anilines is 1. The van der Waals surface area contributed by atoms with E-state index in [0.717, 1.165) is 30.8 Å². The molecular weight excluding hydrogens is 262 g/mol. The summed E-state index contributed by atoms with van der Waals surface area (Å²) in [4.78, 5) is 7.18. The molecule has 3 rings (SSSR count). The van der Waals surface area contributed by atoms with E-state index in [1.807, 2.05) is 19.2 Å². The second kappa shape index (κ2) is 6.41. The molecule has 4 nitrogen and oxygen atoms in total. The Bertz CT molecular complexity index is 614. The molecule has 1 saturated heterocycles. The van der Waals surface area contributed by atoms with Gasteiger partial charge < -0.3 is 15.3 Å². The first-order valence-electron chi connectivity index (χ1n) is 7.74. The molecular formula is C17H23N3O. The molecule has 1 aromatic heterocycles. The number of fused-ring (bicyclic) bond motifs is 1. The maximum absolute atomic E-state index is 9.67. The minimum Gasteiger partial charge on any atom is -0.394 e. The van der Waals surface area contributed by atoms with Crippen LogP contribution in [0.5, 0.6) is 0 Å². The van der Waals surface area contributed by atoms with E-state index in [9.17, 15) is 5.11 Å². The molecule has 0 aliphatic carbocycles. The summed E-state index contributed by atoms with van der Waals surface area (Å²) in [6, 6.07) is 10.6. The number of rotatable bonds is 4. The van der Waals surface area contributed by atoms with Gasteiger partial charge in [-0.05, 0) is 38.4 Å². The number of para-hydroxylation sites is 1. The average molecular weight is 285 g/mol. The maximum atomic E-state index is 9.67. The van der Waals surface area contributed by atoms with E-state index >= 15 is 0 Å². The zero-order valence-electron chi connectivity index (χ0n) is 12.5. The molecule has 0 bridgehead atoms. The minimum absolute atomic E-state index is 0.197. The number of nitrogens with zero attached hydrogens (tertiary/aromatic N) is 2. The van der Waals surface area contributed by atoms with Crippen LogP contribution in [-0.2, 0) is 6.54 Å². The van der Waals surface area contributed by atoms with Crippen molar-refractivity contribution in [3.63, 3.8) is 0 Å². The molecule has 21 heavy (non-hydrogen) atoms. The van der Waals surface area contributed by atoms with Gasteiger partial charge in [-0.1, -0.05) is 18.2 Å². The minimum atomic E-state index is 0.197. The highest BCUT2D eigenvalue weighted by Crippen LogP contribution is 2.29. The van der Waals surface area contributed by atoms with Gasteiger partial charge in [0.1, 0.15) is 5.82 Å². The smallest absolute Gasteiger partial charge is 0.134 e. The van der Waals surface area contributed by atoms with Crippen LogP contribution >= 0.6 is 0 Å². The zero-order valence-corrected chi connectivity index (χ0v) is 12.5. The van der Waals surface area contributed by atoms with E-state index in [1.165, 1.54) is 23.8 Å². The van der Waals surface area contributed by atoms with Crippen molar-refractivity contribution in [2.45, 2.75) is 31.8 Å². The van der Waals surface area contributed by atoms with Gasteiger partial charge in [-0.15, -0.1) is 0 Å². The van der Waals surface area contributed by atoms with E-state index in [1.54, 1.807) is 0 Å². The summed E-state index contributed by atoms with van der Waals surface area (Å²) in [5.74, 6) is 1.03. The lowest BCUT2D eigenvalue weighted by molar-refractivity contribution is 0.239. The normalized spacial score (nSPS) is 19.1. The van der Waals surface area contributed by atoms with Crippen LogP contribution in [0.25, 0.3) is 10.9 Å². The average Bonchev–Trinajstić information content (AvgIpc) is 2.54. The first kappa shape index (κ1) is 14.3. The topological polar surface area (TPSA) is 48.4 Å². The Labute approximate surface area is 125 Å². The molecule has 0 amide bonds. The summed E-state index contributed by atoms with van der Waals surface area (Å²) in [7, 11) is 1.96. The number of hydrogen-bond acceptors (Lipinski definition) is 4.